The number of amides is 1. The second-order valence-electron chi connectivity index (χ2n) is 5.92. The summed E-state index contributed by atoms with van der Waals surface area (Å²) >= 11 is 0. The Hall–Kier alpha value is -3.65. The Balaban J connectivity index is 1.74. The van der Waals surface area contributed by atoms with Gasteiger partial charge in [-0.05, 0) is 55.3 Å². The molecule has 1 aromatic heterocycles. The number of carbonyl (C=O) groups is 1. The maximum absolute atomic E-state index is 12.3. The molecule has 0 spiro atoms. The first-order chi connectivity index (χ1) is 12.6. The molecule has 0 radical (unpaired) electrons. The van der Waals surface area contributed by atoms with Crippen molar-refractivity contribution in [2.75, 3.05) is 10.6 Å². The van der Waals surface area contributed by atoms with Crippen molar-refractivity contribution < 1.29 is 4.79 Å². The van der Waals surface area contributed by atoms with Gasteiger partial charge in [-0.3, -0.25) is 4.79 Å². The molecule has 3 aromatic rings. The highest BCUT2D eigenvalue weighted by Gasteiger charge is 2.10. The monoisotopic (exact) mass is 342 g/mol. The molecule has 26 heavy (non-hydrogen) atoms. The molecule has 2 N–H and O–H groups in total. The Kier molecular flexibility index (Phi) is 4.95. The summed E-state index contributed by atoms with van der Waals surface area (Å²) in [6.07, 6.45) is 1.62. The molecule has 3 rings (SSSR count). The Bertz CT molecular complexity index is 988. The lowest BCUT2D eigenvalue weighted by Gasteiger charge is -2.11. The lowest BCUT2D eigenvalue weighted by molar-refractivity contribution is 0.102. The number of aryl methyl sites for hydroxylation is 1. The zero-order valence-corrected chi connectivity index (χ0v) is 14.6. The quantitative estimate of drug-likeness (QED) is 0.728. The fraction of sp³-hybridized carbons (Fsp3) is 0.0952. The highest BCUT2D eigenvalue weighted by molar-refractivity contribution is 6.03. The van der Waals surface area contributed by atoms with Crippen LogP contribution in [0.25, 0.3) is 0 Å². The van der Waals surface area contributed by atoms with Crippen molar-refractivity contribution in [3.05, 3.63) is 83.2 Å². The number of hydrogen-bond donors (Lipinski definition) is 2. The fourth-order valence-electron chi connectivity index (χ4n) is 2.52. The van der Waals surface area contributed by atoms with E-state index in [1.54, 1.807) is 42.6 Å². The number of anilines is 3. The van der Waals surface area contributed by atoms with Gasteiger partial charge >= 0.3 is 0 Å². The van der Waals surface area contributed by atoms with Gasteiger partial charge in [0, 0.05) is 5.69 Å². The molecule has 0 bridgehead atoms. The molecular formula is C21H18N4O. The topological polar surface area (TPSA) is 77.8 Å². The van der Waals surface area contributed by atoms with Gasteiger partial charge in [0.15, 0.2) is 0 Å². The molecule has 0 fully saturated rings. The minimum atomic E-state index is -0.356. The molecule has 1 amide bonds. The van der Waals surface area contributed by atoms with Crippen LogP contribution in [0.15, 0.2) is 60.8 Å². The van der Waals surface area contributed by atoms with E-state index < -0.39 is 0 Å². The summed E-state index contributed by atoms with van der Waals surface area (Å²) in [5.41, 5.74) is 5.34. The number of aromatic nitrogens is 1. The number of rotatable bonds is 4. The van der Waals surface area contributed by atoms with Gasteiger partial charge in [0.05, 0.1) is 23.1 Å². The van der Waals surface area contributed by atoms with Crippen molar-refractivity contribution in [2.45, 2.75) is 13.8 Å². The van der Waals surface area contributed by atoms with Crippen molar-refractivity contribution in [1.29, 1.82) is 5.26 Å². The predicted octanol–water partition coefficient (Wildman–Crippen LogP) is 4.57. The van der Waals surface area contributed by atoms with Gasteiger partial charge in [0.2, 0.25) is 0 Å². The molecule has 5 nitrogen and oxygen atoms in total. The van der Waals surface area contributed by atoms with Crippen molar-refractivity contribution >= 4 is 23.0 Å². The summed E-state index contributed by atoms with van der Waals surface area (Å²) in [4.78, 5) is 16.6. The van der Waals surface area contributed by atoms with Crippen LogP contribution in [-0.2, 0) is 0 Å². The van der Waals surface area contributed by atoms with Gasteiger partial charge in [-0.2, -0.15) is 5.26 Å². The van der Waals surface area contributed by atoms with Gasteiger partial charge in [-0.25, -0.2) is 4.98 Å². The predicted molar refractivity (Wildman–Crippen MR) is 103 cm³/mol. The molecule has 1 heterocycles. The number of hydrogen-bond acceptors (Lipinski definition) is 4. The van der Waals surface area contributed by atoms with Gasteiger partial charge in [-0.1, -0.05) is 24.3 Å². The Morgan fingerprint density at radius 3 is 2.50 bits per heavy atom. The number of nitriles is 1. The number of benzene rings is 2. The molecule has 5 heteroatoms. The van der Waals surface area contributed by atoms with E-state index in [0.717, 1.165) is 11.4 Å². The lowest BCUT2D eigenvalue weighted by atomic mass is 10.1. The zero-order chi connectivity index (χ0) is 18.5. The first-order valence-electron chi connectivity index (χ1n) is 8.18. The highest BCUT2D eigenvalue weighted by atomic mass is 16.1. The summed E-state index contributed by atoms with van der Waals surface area (Å²) in [5, 5.41) is 15.1. The second-order valence-corrected chi connectivity index (χ2v) is 5.92. The molecule has 0 saturated heterocycles. The van der Waals surface area contributed by atoms with E-state index in [2.05, 4.69) is 41.6 Å². The molecule has 0 unspecified atom stereocenters. The largest absolute Gasteiger partial charge is 0.354 e. The number of para-hydroxylation sites is 1. The molecule has 0 saturated carbocycles. The Morgan fingerprint density at radius 1 is 1.00 bits per heavy atom. The Morgan fingerprint density at radius 2 is 1.77 bits per heavy atom. The van der Waals surface area contributed by atoms with E-state index in [4.69, 9.17) is 5.26 Å². The van der Waals surface area contributed by atoms with Crippen LogP contribution in [0.4, 0.5) is 17.1 Å². The summed E-state index contributed by atoms with van der Waals surface area (Å²) in [5.74, 6) is -0.356. The molecule has 0 aliphatic carbocycles. The van der Waals surface area contributed by atoms with E-state index in [-0.39, 0.29) is 11.6 Å². The number of pyridine rings is 1. The zero-order valence-electron chi connectivity index (χ0n) is 14.6. The molecule has 128 valence electrons. The van der Waals surface area contributed by atoms with Crippen molar-refractivity contribution in [1.82, 2.24) is 4.98 Å². The van der Waals surface area contributed by atoms with Crippen LogP contribution in [0.2, 0.25) is 0 Å². The van der Waals surface area contributed by atoms with E-state index in [0.29, 0.717) is 11.3 Å². The van der Waals surface area contributed by atoms with Crippen LogP contribution in [0, 0.1) is 25.2 Å². The molecule has 2 aromatic carbocycles. The minimum absolute atomic E-state index is 0.282. The maximum atomic E-state index is 12.3. The van der Waals surface area contributed by atoms with Crippen molar-refractivity contribution in [3.63, 3.8) is 0 Å². The average molecular weight is 342 g/mol. The highest BCUT2D eigenvalue weighted by Crippen LogP contribution is 2.22. The van der Waals surface area contributed by atoms with E-state index in [9.17, 15) is 4.79 Å². The van der Waals surface area contributed by atoms with E-state index in [1.807, 2.05) is 12.1 Å². The van der Waals surface area contributed by atoms with Gasteiger partial charge < -0.3 is 10.6 Å². The van der Waals surface area contributed by atoms with Crippen LogP contribution in [0.3, 0.4) is 0 Å². The summed E-state index contributed by atoms with van der Waals surface area (Å²) < 4.78 is 0. The van der Waals surface area contributed by atoms with Gasteiger partial charge in [0.1, 0.15) is 11.8 Å². The summed E-state index contributed by atoms with van der Waals surface area (Å²) in [6.45, 7) is 4.12. The van der Waals surface area contributed by atoms with Gasteiger partial charge in [0.25, 0.3) is 5.91 Å². The van der Waals surface area contributed by atoms with Crippen LogP contribution >= 0.6 is 0 Å². The Labute approximate surface area is 152 Å². The first-order valence-corrected chi connectivity index (χ1v) is 8.18. The standard InChI is InChI=1S/C21H18N4O/c1-14-6-5-9-18(15(14)2)24-17-10-11-20(23-13-17)21(26)25-19-8-4-3-7-16(19)12-22/h3-11,13,24H,1-2H3,(H,25,26). The molecule has 0 aliphatic heterocycles. The van der Waals surface area contributed by atoms with Crippen LogP contribution in [-0.4, -0.2) is 10.9 Å². The smallest absolute Gasteiger partial charge is 0.274 e. The van der Waals surface area contributed by atoms with Crippen LogP contribution in [0.5, 0.6) is 0 Å². The average Bonchev–Trinajstić information content (AvgIpc) is 2.66. The number of carbonyl (C=O) groups excluding carboxylic acids is 1. The molecular weight excluding hydrogens is 324 g/mol. The lowest BCUT2D eigenvalue weighted by Crippen LogP contribution is -2.14. The summed E-state index contributed by atoms with van der Waals surface area (Å²) in [6, 6.07) is 18.4. The summed E-state index contributed by atoms with van der Waals surface area (Å²) in [7, 11) is 0. The first kappa shape index (κ1) is 17.2. The van der Waals surface area contributed by atoms with Crippen molar-refractivity contribution in [3.8, 4) is 6.07 Å². The SMILES string of the molecule is Cc1cccc(Nc2ccc(C(=O)Nc3ccccc3C#N)nc2)c1C. The van der Waals surface area contributed by atoms with Gasteiger partial charge in [-0.15, -0.1) is 0 Å². The van der Waals surface area contributed by atoms with E-state index >= 15 is 0 Å². The third-order valence-corrected chi connectivity index (χ3v) is 4.18. The fourth-order valence-corrected chi connectivity index (χ4v) is 2.52. The second kappa shape index (κ2) is 7.49. The number of nitrogens with one attached hydrogen (secondary N) is 2. The molecule has 0 atom stereocenters. The number of nitrogens with zero attached hydrogens (tertiary/aromatic N) is 2. The van der Waals surface area contributed by atoms with Crippen LogP contribution in [0.1, 0.15) is 27.2 Å². The van der Waals surface area contributed by atoms with E-state index in [1.165, 1.54) is 11.1 Å². The van der Waals surface area contributed by atoms with Crippen molar-refractivity contribution in [2.24, 2.45) is 0 Å². The third-order valence-electron chi connectivity index (χ3n) is 4.18. The van der Waals surface area contributed by atoms with Crippen LogP contribution < -0.4 is 10.6 Å². The normalized spacial score (nSPS) is 10.0. The third kappa shape index (κ3) is 3.70. The minimum Gasteiger partial charge on any atom is -0.354 e. The maximum Gasteiger partial charge on any atom is 0.274 e. The molecule has 0 aliphatic rings.